The Kier molecular flexibility index (Phi) is 8.83. The number of benzene rings is 4. The van der Waals surface area contributed by atoms with Crippen LogP contribution in [0.3, 0.4) is 0 Å². The molecule has 1 aliphatic heterocycles. The molecule has 5 rings (SSSR count). The second-order valence-electron chi connectivity index (χ2n) is 10.5. The molecule has 0 radical (unpaired) electrons. The fourth-order valence-electron chi connectivity index (χ4n) is 5.74. The third-order valence-corrected chi connectivity index (χ3v) is 8.37. The number of ether oxygens (including phenoxy) is 1. The van der Waals surface area contributed by atoms with Gasteiger partial charge in [-0.2, -0.15) is 0 Å². The first-order valence-electron chi connectivity index (χ1n) is 13.6. The molecule has 4 aromatic rings. The Bertz CT molecular complexity index is 1550. The van der Waals surface area contributed by atoms with Crippen LogP contribution >= 0.6 is 23.2 Å². The van der Waals surface area contributed by atoms with E-state index < -0.39 is 5.97 Å². The van der Waals surface area contributed by atoms with Crippen LogP contribution < -0.4 is 10.1 Å². The molecule has 0 spiro atoms. The van der Waals surface area contributed by atoms with Crippen molar-refractivity contribution in [2.45, 2.75) is 37.8 Å². The minimum Gasteiger partial charge on any atom is -0.497 e. The predicted octanol–water partition coefficient (Wildman–Crippen LogP) is 7.65. The van der Waals surface area contributed by atoms with Crippen molar-refractivity contribution in [2.75, 3.05) is 20.2 Å². The summed E-state index contributed by atoms with van der Waals surface area (Å²) in [6.45, 7) is 3.10. The monoisotopic (exact) mass is 590 g/mol. The first-order valence-corrected chi connectivity index (χ1v) is 14.4. The number of hydrogen-bond donors (Lipinski definition) is 2. The van der Waals surface area contributed by atoms with Crippen molar-refractivity contribution in [3.05, 3.63) is 111 Å². The van der Waals surface area contributed by atoms with Crippen LogP contribution in [-0.4, -0.2) is 42.1 Å². The van der Waals surface area contributed by atoms with Crippen LogP contribution in [0.25, 0.3) is 10.8 Å². The molecule has 8 heteroatoms. The number of fused-ring (bicyclic) bond motifs is 1. The summed E-state index contributed by atoms with van der Waals surface area (Å²) < 4.78 is 5.41. The van der Waals surface area contributed by atoms with Gasteiger partial charge in [0.1, 0.15) is 5.75 Å². The maximum atomic E-state index is 12.5. The highest BCUT2D eigenvalue weighted by atomic mass is 35.5. The molecule has 1 fully saturated rings. The molecule has 212 valence electrons. The summed E-state index contributed by atoms with van der Waals surface area (Å²) in [4.78, 5) is 25.7. The van der Waals surface area contributed by atoms with Gasteiger partial charge in [-0.05, 0) is 95.3 Å². The van der Waals surface area contributed by atoms with Gasteiger partial charge in [-0.15, -0.1) is 0 Å². The Morgan fingerprint density at radius 1 is 0.951 bits per heavy atom. The number of carbonyl (C=O) groups is 2. The molecule has 0 bridgehead atoms. The van der Waals surface area contributed by atoms with Gasteiger partial charge in [0.2, 0.25) is 0 Å². The molecule has 2 N–H and O–H groups in total. The van der Waals surface area contributed by atoms with E-state index in [1.54, 1.807) is 25.3 Å². The van der Waals surface area contributed by atoms with Crippen LogP contribution in [0.1, 0.15) is 64.8 Å². The number of carbonyl (C=O) groups excluding carboxylic acids is 1. The molecule has 41 heavy (non-hydrogen) atoms. The van der Waals surface area contributed by atoms with Gasteiger partial charge in [0, 0.05) is 40.8 Å². The van der Waals surface area contributed by atoms with Crippen LogP contribution in [0, 0.1) is 0 Å². The molecule has 1 amide bonds. The third-order valence-electron chi connectivity index (χ3n) is 7.93. The second-order valence-corrected chi connectivity index (χ2v) is 11.4. The number of carboxylic acids is 1. The number of amides is 1. The zero-order chi connectivity index (χ0) is 29.1. The summed E-state index contributed by atoms with van der Waals surface area (Å²) in [5.74, 6) is -0.155. The van der Waals surface area contributed by atoms with Crippen molar-refractivity contribution in [3.8, 4) is 5.75 Å². The SMILES string of the molecule is COc1ccc2cc([C@H]3C[C@@H](c4cc(Cl)cc(Cl)c4)CN3C(C)c3ccc(C(=O)NCCC(=O)O)cc3)ccc2c1. The van der Waals surface area contributed by atoms with E-state index in [4.69, 9.17) is 33.0 Å². The van der Waals surface area contributed by atoms with E-state index in [1.165, 1.54) is 5.56 Å². The Hall–Kier alpha value is -3.58. The Labute approximate surface area is 249 Å². The molecule has 1 heterocycles. The Balaban J connectivity index is 1.43. The van der Waals surface area contributed by atoms with E-state index in [2.05, 4.69) is 41.4 Å². The highest BCUT2D eigenvalue weighted by molar-refractivity contribution is 6.34. The molecule has 1 saturated heterocycles. The molecular formula is C33H32Cl2N2O4. The van der Waals surface area contributed by atoms with Crippen molar-refractivity contribution in [1.82, 2.24) is 10.2 Å². The smallest absolute Gasteiger partial charge is 0.305 e. The van der Waals surface area contributed by atoms with E-state index >= 15 is 0 Å². The number of nitrogens with one attached hydrogen (secondary N) is 1. The van der Waals surface area contributed by atoms with Crippen molar-refractivity contribution in [3.63, 3.8) is 0 Å². The highest BCUT2D eigenvalue weighted by Gasteiger charge is 2.37. The fraction of sp³-hybridized carbons (Fsp3) is 0.273. The first kappa shape index (κ1) is 28.9. The summed E-state index contributed by atoms with van der Waals surface area (Å²) in [7, 11) is 1.67. The van der Waals surface area contributed by atoms with Gasteiger partial charge in [0.05, 0.1) is 13.5 Å². The summed E-state index contributed by atoms with van der Waals surface area (Å²) >= 11 is 12.8. The maximum absolute atomic E-state index is 12.5. The fourth-order valence-corrected chi connectivity index (χ4v) is 6.28. The predicted molar refractivity (Wildman–Crippen MR) is 163 cm³/mol. The zero-order valence-electron chi connectivity index (χ0n) is 22.9. The lowest BCUT2D eigenvalue weighted by atomic mass is 9.93. The number of hydrogen-bond acceptors (Lipinski definition) is 4. The van der Waals surface area contributed by atoms with Crippen molar-refractivity contribution >= 4 is 45.9 Å². The summed E-state index contributed by atoms with van der Waals surface area (Å²) in [5.41, 5.74) is 3.95. The van der Waals surface area contributed by atoms with Crippen LogP contribution in [0.15, 0.2) is 78.9 Å². The quantitative estimate of drug-likeness (QED) is 0.209. The zero-order valence-corrected chi connectivity index (χ0v) is 24.5. The molecule has 4 aromatic carbocycles. The molecule has 0 aliphatic carbocycles. The highest BCUT2D eigenvalue weighted by Crippen LogP contribution is 2.46. The van der Waals surface area contributed by atoms with Gasteiger partial charge in [-0.1, -0.05) is 53.5 Å². The lowest BCUT2D eigenvalue weighted by Gasteiger charge is -2.31. The number of likely N-dealkylation sites (tertiary alicyclic amines) is 1. The number of nitrogens with zero attached hydrogens (tertiary/aromatic N) is 1. The minimum absolute atomic E-state index is 0.0651. The first-order chi connectivity index (χ1) is 19.7. The summed E-state index contributed by atoms with van der Waals surface area (Å²) in [6, 6.07) is 26.3. The van der Waals surface area contributed by atoms with Crippen LogP contribution in [0.2, 0.25) is 10.0 Å². The molecule has 0 saturated carbocycles. The molecule has 1 aliphatic rings. The van der Waals surface area contributed by atoms with E-state index in [-0.39, 0.29) is 36.9 Å². The molecule has 0 aromatic heterocycles. The van der Waals surface area contributed by atoms with E-state index in [0.29, 0.717) is 15.6 Å². The number of methoxy groups -OCH3 is 1. The van der Waals surface area contributed by atoms with Gasteiger partial charge in [0.15, 0.2) is 0 Å². The normalized spacial score (nSPS) is 17.9. The van der Waals surface area contributed by atoms with Crippen molar-refractivity contribution in [2.24, 2.45) is 0 Å². The maximum Gasteiger partial charge on any atom is 0.305 e. The average molecular weight is 592 g/mol. The van der Waals surface area contributed by atoms with Gasteiger partial charge in [0.25, 0.3) is 5.91 Å². The van der Waals surface area contributed by atoms with Crippen LogP contribution in [-0.2, 0) is 4.79 Å². The van der Waals surface area contributed by atoms with Crippen molar-refractivity contribution in [1.29, 1.82) is 0 Å². The second kappa shape index (κ2) is 12.5. The molecular weight excluding hydrogens is 559 g/mol. The number of halogens is 2. The molecule has 3 atom stereocenters. The lowest BCUT2D eigenvalue weighted by molar-refractivity contribution is -0.136. The van der Waals surface area contributed by atoms with Gasteiger partial charge < -0.3 is 15.2 Å². The van der Waals surface area contributed by atoms with Gasteiger partial charge >= 0.3 is 5.97 Å². The molecule has 1 unspecified atom stereocenters. The van der Waals surface area contributed by atoms with Gasteiger partial charge in [-0.25, -0.2) is 0 Å². The standard InChI is InChI=1S/C33H32Cl2N2O4/c1-20(21-3-5-22(6-4-21)33(40)36-12-11-32(38)39)37-19-27(26-14-28(34)18-29(35)15-26)17-31(37)25-8-7-24-16-30(41-2)10-9-23(24)13-25/h3-10,13-16,18,20,27,31H,11-12,17,19H2,1-2H3,(H,36,40)(H,38,39)/t20?,27-,31-/m1/s1. The van der Waals surface area contributed by atoms with E-state index in [9.17, 15) is 9.59 Å². The van der Waals surface area contributed by atoms with E-state index in [1.807, 2.05) is 36.4 Å². The third kappa shape index (κ3) is 6.67. The number of carboxylic acid groups (broad SMARTS) is 1. The Morgan fingerprint density at radius 3 is 2.32 bits per heavy atom. The van der Waals surface area contributed by atoms with Crippen molar-refractivity contribution < 1.29 is 19.4 Å². The summed E-state index contributed by atoms with van der Waals surface area (Å²) in [5, 5.41) is 15.0. The average Bonchev–Trinajstić information content (AvgIpc) is 3.41. The minimum atomic E-state index is -0.945. The van der Waals surface area contributed by atoms with Crippen LogP contribution in [0.4, 0.5) is 0 Å². The topological polar surface area (TPSA) is 78.9 Å². The number of rotatable bonds is 9. The lowest BCUT2D eigenvalue weighted by Crippen LogP contribution is -2.28. The Morgan fingerprint density at radius 2 is 1.63 bits per heavy atom. The summed E-state index contributed by atoms with van der Waals surface area (Å²) in [6.07, 6.45) is 0.797. The van der Waals surface area contributed by atoms with E-state index in [0.717, 1.165) is 40.6 Å². The van der Waals surface area contributed by atoms with Gasteiger partial charge in [-0.3, -0.25) is 14.5 Å². The number of aliphatic carboxylic acids is 1. The largest absolute Gasteiger partial charge is 0.497 e. The molecule has 6 nitrogen and oxygen atoms in total. The van der Waals surface area contributed by atoms with Crippen LogP contribution in [0.5, 0.6) is 5.75 Å².